The first-order valence-corrected chi connectivity index (χ1v) is 4.14. The number of aromatic nitrogens is 1. The van der Waals surface area contributed by atoms with Crippen molar-refractivity contribution in [1.82, 2.24) is 4.98 Å². The summed E-state index contributed by atoms with van der Waals surface area (Å²) in [5, 5.41) is 0. The van der Waals surface area contributed by atoms with Gasteiger partial charge in [-0.15, -0.1) is 13.2 Å². The van der Waals surface area contributed by atoms with Crippen LogP contribution < -0.4 is 4.74 Å². The molecule has 0 radical (unpaired) electrons. The van der Waals surface area contributed by atoms with Crippen molar-refractivity contribution in [2.45, 2.75) is 26.6 Å². The van der Waals surface area contributed by atoms with Crippen LogP contribution in [-0.2, 0) is 6.42 Å². The fourth-order valence-electron chi connectivity index (χ4n) is 1.03. The molecule has 0 saturated carbocycles. The zero-order valence-corrected chi connectivity index (χ0v) is 7.85. The van der Waals surface area contributed by atoms with E-state index in [1.54, 1.807) is 26.0 Å². The third-order valence-electron chi connectivity index (χ3n) is 1.67. The second-order valence-electron chi connectivity index (χ2n) is 2.82. The molecule has 0 saturated heterocycles. The Bertz CT molecular complexity index is 322. The molecule has 0 unspecified atom stereocenters. The maximum Gasteiger partial charge on any atom is 0.574 e. The van der Waals surface area contributed by atoms with E-state index >= 15 is 0 Å². The lowest BCUT2D eigenvalue weighted by Crippen LogP contribution is -2.19. The molecule has 0 aromatic carbocycles. The summed E-state index contributed by atoms with van der Waals surface area (Å²) in [7, 11) is 0. The zero-order valence-electron chi connectivity index (χ0n) is 7.85. The van der Waals surface area contributed by atoms with E-state index < -0.39 is 6.36 Å². The molecule has 0 aliphatic rings. The Kier molecular flexibility index (Phi) is 2.98. The Morgan fingerprint density at radius 2 is 2.00 bits per heavy atom. The number of alkyl halides is 3. The quantitative estimate of drug-likeness (QED) is 0.740. The highest BCUT2D eigenvalue weighted by Crippen LogP contribution is 2.24. The van der Waals surface area contributed by atoms with Crippen LogP contribution in [0.5, 0.6) is 5.88 Å². The predicted octanol–water partition coefficient (Wildman–Crippen LogP) is 2.85. The Labute approximate surface area is 79.7 Å². The van der Waals surface area contributed by atoms with Gasteiger partial charge in [0.15, 0.2) is 0 Å². The predicted molar refractivity (Wildman–Crippen MR) is 45.0 cm³/mol. The van der Waals surface area contributed by atoms with Gasteiger partial charge in [0.1, 0.15) is 0 Å². The van der Waals surface area contributed by atoms with Crippen LogP contribution >= 0.6 is 0 Å². The second kappa shape index (κ2) is 3.86. The Balaban J connectivity index is 2.99. The summed E-state index contributed by atoms with van der Waals surface area (Å²) in [6.07, 6.45) is -4.22. The fraction of sp³-hybridized carbons (Fsp3) is 0.444. The van der Waals surface area contributed by atoms with E-state index in [9.17, 15) is 13.2 Å². The molecule has 78 valence electrons. The molecule has 1 heterocycles. The first-order valence-electron chi connectivity index (χ1n) is 4.14. The van der Waals surface area contributed by atoms with Gasteiger partial charge in [-0.2, -0.15) is 0 Å². The summed E-state index contributed by atoms with van der Waals surface area (Å²) in [6, 6.07) is 3.24. The minimum Gasteiger partial charge on any atom is -0.388 e. The van der Waals surface area contributed by atoms with Gasteiger partial charge in [-0.1, -0.05) is 13.0 Å². The number of aryl methyl sites for hydroxylation is 2. The van der Waals surface area contributed by atoms with Gasteiger partial charge in [0.05, 0.1) is 0 Å². The molecular formula is C9H10F3NO. The molecule has 0 N–H and O–H groups in total. The summed E-state index contributed by atoms with van der Waals surface area (Å²) >= 11 is 0. The van der Waals surface area contributed by atoms with E-state index in [1.165, 1.54) is 0 Å². The average molecular weight is 205 g/mol. The number of ether oxygens (including phenoxy) is 1. The molecule has 0 aliphatic heterocycles. The number of pyridine rings is 1. The molecule has 0 spiro atoms. The van der Waals surface area contributed by atoms with Crippen molar-refractivity contribution < 1.29 is 17.9 Å². The lowest BCUT2D eigenvalue weighted by Gasteiger charge is -2.11. The molecule has 0 bridgehead atoms. The van der Waals surface area contributed by atoms with Crippen molar-refractivity contribution in [3.8, 4) is 5.88 Å². The molecule has 1 aromatic rings. The molecule has 0 fully saturated rings. The largest absolute Gasteiger partial charge is 0.574 e. The van der Waals surface area contributed by atoms with E-state index in [-0.39, 0.29) is 5.88 Å². The number of nitrogens with zero attached hydrogens (tertiary/aromatic N) is 1. The standard InChI is InChI=1S/C9H10F3NO/c1-3-7-5-4-6(2)13-8(7)14-9(10,11)12/h4-5H,3H2,1-2H3. The SMILES string of the molecule is CCc1ccc(C)nc1OC(F)(F)F. The van der Waals surface area contributed by atoms with E-state index in [0.29, 0.717) is 17.7 Å². The molecule has 0 atom stereocenters. The van der Waals surface area contributed by atoms with Crippen LogP contribution in [0.25, 0.3) is 0 Å². The number of hydrogen-bond donors (Lipinski definition) is 0. The number of hydrogen-bond acceptors (Lipinski definition) is 2. The van der Waals surface area contributed by atoms with E-state index in [2.05, 4.69) is 9.72 Å². The van der Waals surface area contributed by atoms with Crippen LogP contribution in [0.4, 0.5) is 13.2 Å². The Hall–Kier alpha value is -1.26. The van der Waals surface area contributed by atoms with Gasteiger partial charge in [0, 0.05) is 11.3 Å². The van der Waals surface area contributed by atoms with Gasteiger partial charge in [-0.25, -0.2) is 4.98 Å². The maximum absolute atomic E-state index is 11.9. The van der Waals surface area contributed by atoms with E-state index in [4.69, 9.17) is 0 Å². The van der Waals surface area contributed by atoms with Crippen LogP contribution in [0.2, 0.25) is 0 Å². The van der Waals surface area contributed by atoms with Crippen LogP contribution in [0.3, 0.4) is 0 Å². The topological polar surface area (TPSA) is 22.1 Å². The highest BCUT2D eigenvalue weighted by atomic mass is 19.4. The summed E-state index contributed by atoms with van der Waals surface area (Å²) < 4.78 is 39.6. The minimum absolute atomic E-state index is 0.347. The summed E-state index contributed by atoms with van der Waals surface area (Å²) in [5.74, 6) is -0.347. The Morgan fingerprint density at radius 3 is 2.50 bits per heavy atom. The summed E-state index contributed by atoms with van der Waals surface area (Å²) in [5.41, 5.74) is 0.953. The first-order chi connectivity index (χ1) is 6.42. The second-order valence-corrected chi connectivity index (χ2v) is 2.82. The van der Waals surface area contributed by atoms with E-state index in [1.807, 2.05) is 0 Å². The van der Waals surface area contributed by atoms with Crippen molar-refractivity contribution in [3.05, 3.63) is 23.4 Å². The van der Waals surface area contributed by atoms with Gasteiger partial charge in [-0.05, 0) is 19.4 Å². The van der Waals surface area contributed by atoms with Crippen LogP contribution in [0.1, 0.15) is 18.2 Å². The Morgan fingerprint density at radius 1 is 1.36 bits per heavy atom. The fourth-order valence-corrected chi connectivity index (χ4v) is 1.03. The maximum atomic E-state index is 11.9. The molecule has 1 rings (SSSR count). The van der Waals surface area contributed by atoms with Crippen LogP contribution in [-0.4, -0.2) is 11.3 Å². The normalized spacial score (nSPS) is 11.5. The van der Waals surface area contributed by atoms with Crippen molar-refractivity contribution >= 4 is 0 Å². The third-order valence-corrected chi connectivity index (χ3v) is 1.67. The molecule has 14 heavy (non-hydrogen) atoms. The average Bonchev–Trinajstić information content (AvgIpc) is 2.01. The van der Waals surface area contributed by atoms with Gasteiger partial charge < -0.3 is 4.74 Å². The lowest BCUT2D eigenvalue weighted by atomic mass is 10.2. The molecule has 0 amide bonds. The summed E-state index contributed by atoms with van der Waals surface area (Å²) in [4.78, 5) is 3.69. The number of halogens is 3. The van der Waals surface area contributed by atoms with Crippen molar-refractivity contribution in [2.24, 2.45) is 0 Å². The van der Waals surface area contributed by atoms with Gasteiger partial charge in [-0.3, -0.25) is 0 Å². The number of rotatable bonds is 2. The van der Waals surface area contributed by atoms with Gasteiger partial charge in [0.2, 0.25) is 5.88 Å². The summed E-state index contributed by atoms with van der Waals surface area (Å²) in [6.45, 7) is 3.36. The highest BCUT2D eigenvalue weighted by Gasteiger charge is 2.32. The van der Waals surface area contributed by atoms with Gasteiger partial charge in [0.25, 0.3) is 0 Å². The van der Waals surface area contributed by atoms with Gasteiger partial charge >= 0.3 is 6.36 Å². The van der Waals surface area contributed by atoms with Crippen molar-refractivity contribution in [3.63, 3.8) is 0 Å². The molecule has 0 aliphatic carbocycles. The molecule has 5 heteroatoms. The molecular weight excluding hydrogens is 195 g/mol. The lowest BCUT2D eigenvalue weighted by molar-refractivity contribution is -0.276. The molecule has 1 aromatic heterocycles. The zero-order chi connectivity index (χ0) is 10.8. The third kappa shape index (κ3) is 2.90. The van der Waals surface area contributed by atoms with Crippen LogP contribution in [0.15, 0.2) is 12.1 Å². The monoisotopic (exact) mass is 205 g/mol. The van der Waals surface area contributed by atoms with E-state index in [0.717, 1.165) is 0 Å². The molecule has 2 nitrogen and oxygen atoms in total. The van der Waals surface area contributed by atoms with Crippen molar-refractivity contribution in [1.29, 1.82) is 0 Å². The van der Waals surface area contributed by atoms with Crippen LogP contribution in [0, 0.1) is 6.92 Å². The van der Waals surface area contributed by atoms with Crippen molar-refractivity contribution in [2.75, 3.05) is 0 Å². The smallest absolute Gasteiger partial charge is 0.388 e. The minimum atomic E-state index is -4.68. The first kappa shape index (κ1) is 10.8. The highest BCUT2D eigenvalue weighted by molar-refractivity contribution is 5.27.